The summed E-state index contributed by atoms with van der Waals surface area (Å²) in [7, 11) is 0. The third-order valence-electron chi connectivity index (χ3n) is 1.49. The van der Waals surface area contributed by atoms with Gasteiger partial charge in [0.15, 0.2) is 0 Å². The molecule has 0 atom stereocenters. The molecule has 1 heterocycles. The normalized spacial score (nSPS) is 9.55. The molecule has 0 aromatic carbocycles. The SMILES string of the molecule is C=Cc1ccc(CCN)cn1. The standard InChI is InChI=1S/C9H12N2/c1-2-9-4-3-8(5-6-10)7-11-9/h2-4,7H,1,5-6,10H2. The van der Waals surface area contributed by atoms with E-state index in [4.69, 9.17) is 5.73 Å². The molecule has 0 bridgehead atoms. The van der Waals surface area contributed by atoms with Crippen molar-refractivity contribution in [2.75, 3.05) is 6.54 Å². The Hall–Kier alpha value is -1.15. The minimum Gasteiger partial charge on any atom is -0.330 e. The molecule has 0 amide bonds. The minimum atomic E-state index is 0.676. The number of rotatable bonds is 3. The van der Waals surface area contributed by atoms with Crippen molar-refractivity contribution < 1.29 is 0 Å². The highest BCUT2D eigenvalue weighted by atomic mass is 14.7. The van der Waals surface area contributed by atoms with E-state index in [1.807, 2.05) is 18.3 Å². The first kappa shape index (κ1) is 7.95. The summed E-state index contributed by atoms with van der Waals surface area (Å²) in [6, 6.07) is 3.97. The van der Waals surface area contributed by atoms with Crippen molar-refractivity contribution in [3.8, 4) is 0 Å². The molecule has 2 heteroatoms. The highest BCUT2D eigenvalue weighted by Gasteiger charge is 1.90. The maximum absolute atomic E-state index is 5.38. The Labute approximate surface area is 66.8 Å². The summed E-state index contributed by atoms with van der Waals surface area (Å²) >= 11 is 0. The molecular weight excluding hydrogens is 136 g/mol. The van der Waals surface area contributed by atoms with Crippen LogP contribution in [0.25, 0.3) is 6.08 Å². The van der Waals surface area contributed by atoms with E-state index in [-0.39, 0.29) is 0 Å². The van der Waals surface area contributed by atoms with Crippen LogP contribution in [-0.4, -0.2) is 11.5 Å². The number of nitrogens with zero attached hydrogens (tertiary/aromatic N) is 1. The first-order chi connectivity index (χ1) is 5.36. The van der Waals surface area contributed by atoms with Crippen LogP contribution in [0.5, 0.6) is 0 Å². The van der Waals surface area contributed by atoms with Crippen LogP contribution in [0.15, 0.2) is 24.9 Å². The van der Waals surface area contributed by atoms with E-state index in [0.717, 1.165) is 12.1 Å². The molecule has 0 spiro atoms. The highest BCUT2D eigenvalue weighted by molar-refractivity contribution is 5.41. The van der Waals surface area contributed by atoms with Gasteiger partial charge in [0.05, 0.1) is 5.69 Å². The summed E-state index contributed by atoms with van der Waals surface area (Å²) in [6.45, 7) is 4.30. The van der Waals surface area contributed by atoms with Crippen LogP contribution in [0, 0.1) is 0 Å². The molecule has 1 rings (SSSR count). The lowest BCUT2D eigenvalue weighted by molar-refractivity contribution is 0.957. The van der Waals surface area contributed by atoms with Crippen molar-refractivity contribution >= 4 is 6.08 Å². The van der Waals surface area contributed by atoms with Gasteiger partial charge < -0.3 is 5.73 Å². The number of pyridine rings is 1. The van der Waals surface area contributed by atoms with Gasteiger partial charge in [0.25, 0.3) is 0 Å². The van der Waals surface area contributed by atoms with Gasteiger partial charge in [-0.1, -0.05) is 12.6 Å². The van der Waals surface area contributed by atoms with Crippen LogP contribution < -0.4 is 5.73 Å². The zero-order valence-corrected chi connectivity index (χ0v) is 6.46. The molecule has 1 aromatic heterocycles. The summed E-state index contributed by atoms with van der Waals surface area (Å²) < 4.78 is 0. The summed E-state index contributed by atoms with van der Waals surface area (Å²) in [5, 5.41) is 0. The molecule has 58 valence electrons. The van der Waals surface area contributed by atoms with Crippen molar-refractivity contribution in [1.82, 2.24) is 4.98 Å². The number of hydrogen-bond acceptors (Lipinski definition) is 2. The third-order valence-corrected chi connectivity index (χ3v) is 1.49. The Balaban J connectivity index is 2.74. The van der Waals surface area contributed by atoms with Crippen molar-refractivity contribution in [2.24, 2.45) is 5.73 Å². The summed E-state index contributed by atoms with van der Waals surface area (Å²) in [4.78, 5) is 4.14. The molecule has 0 saturated heterocycles. The van der Waals surface area contributed by atoms with Crippen LogP contribution >= 0.6 is 0 Å². The van der Waals surface area contributed by atoms with E-state index in [9.17, 15) is 0 Å². The van der Waals surface area contributed by atoms with E-state index in [1.54, 1.807) is 6.08 Å². The first-order valence-electron chi connectivity index (χ1n) is 3.64. The van der Waals surface area contributed by atoms with Crippen molar-refractivity contribution in [3.63, 3.8) is 0 Å². The zero-order valence-electron chi connectivity index (χ0n) is 6.46. The predicted octanol–water partition coefficient (Wildman–Crippen LogP) is 1.23. The summed E-state index contributed by atoms with van der Waals surface area (Å²) in [5.74, 6) is 0. The Morgan fingerprint density at radius 3 is 2.82 bits per heavy atom. The smallest absolute Gasteiger partial charge is 0.0623 e. The molecule has 0 fully saturated rings. The lowest BCUT2D eigenvalue weighted by atomic mass is 10.2. The molecule has 0 unspecified atom stereocenters. The molecule has 0 aliphatic heterocycles. The number of aromatic nitrogens is 1. The molecule has 0 radical (unpaired) electrons. The average molecular weight is 148 g/mol. The largest absolute Gasteiger partial charge is 0.330 e. The fraction of sp³-hybridized carbons (Fsp3) is 0.222. The quantitative estimate of drug-likeness (QED) is 0.700. The van der Waals surface area contributed by atoms with E-state index in [1.165, 1.54) is 5.56 Å². The van der Waals surface area contributed by atoms with Crippen LogP contribution in [0.1, 0.15) is 11.3 Å². The van der Waals surface area contributed by atoms with Gasteiger partial charge in [-0.2, -0.15) is 0 Å². The monoisotopic (exact) mass is 148 g/mol. The Kier molecular flexibility index (Phi) is 2.81. The van der Waals surface area contributed by atoms with Gasteiger partial charge in [0, 0.05) is 6.20 Å². The molecule has 0 aliphatic rings. The molecular formula is C9H12N2. The second-order valence-corrected chi connectivity index (χ2v) is 2.33. The Morgan fingerprint density at radius 2 is 2.36 bits per heavy atom. The topological polar surface area (TPSA) is 38.9 Å². The van der Waals surface area contributed by atoms with Gasteiger partial charge in [0.1, 0.15) is 0 Å². The van der Waals surface area contributed by atoms with Crippen molar-refractivity contribution in [1.29, 1.82) is 0 Å². The third kappa shape index (κ3) is 2.16. The molecule has 1 aromatic rings. The molecule has 2 N–H and O–H groups in total. The van der Waals surface area contributed by atoms with E-state index in [2.05, 4.69) is 11.6 Å². The van der Waals surface area contributed by atoms with E-state index >= 15 is 0 Å². The molecule has 0 aliphatic carbocycles. The van der Waals surface area contributed by atoms with Crippen LogP contribution in [0.4, 0.5) is 0 Å². The molecule has 11 heavy (non-hydrogen) atoms. The second kappa shape index (κ2) is 3.88. The Morgan fingerprint density at radius 1 is 1.55 bits per heavy atom. The lowest BCUT2D eigenvalue weighted by Crippen LogP contribution is -2.02. The molecule has 0 saturated carbocycles. The maximum Gasteiger partial charge on any atom is 0.0623 e. The van der Waals surface area contributed by atoms with Crippen LogP contribution in [0.2, 0.25) is 0 Å². The van der Waals surface area contributed by atoms with E-state index < -0.39 is 0 Å². The zero-order chi connectivity index (χ0) is 8.10. The summed E-state index contributed by atoms with van der Waals surface area (Å²) in [5.41, 5.74) is 7.47. The maximum atomic E-state index is 5.38. The van der Waals surface area contributed by atoms with Crippen LogP contribution in [-0.2, 0) is 6.42 Å². The van der Waals surface area contributed by atoms with Crippen molar-refractivity contribution in [2.45, 2.75) is 6.42 Å². The predicted molar refractivity (Wildman–Crippen MR) is 47.1 cm³/mol. The van der Waals surface area contributed by atoms with Gasteiger partial charge in [-0.25, -0.2) is 0 Å². The van der Waals surface area contributed by atoms with E-state index in [0.29, 0.717) is 6.54 Å². The second-order valence-electron chi connectivity index (χ2n) is 2.33. The molecule has 2 nitrogen and oxygen atoms in total. The highest BCUT2D eigenvalue weighted by Crippen LogP contribution is 2.00. The number of hydrogen-bond donors (Lipinski definition) is 1. The van der Waals surface area contributed by atoms with Gasteiger partial charge in [-0.15, -0.1) is 0 Å². The van der Waals surface area contributed by atoms with Gasteiger partial charge >= 0.3 is 0 Å². The average Bonchev–Trinajstić information content (AvgIpc) is 2.07. The van der Waals surface area contributed by atoms with Gasteiger partial charge in [0.2, 0.25) is 0 Å². The fourth-order valence-electron chi connectivity index (χ4n) is 0.871. The van der Waals surface area contributed by atoms with Crippen molar-refractivity contribution in [3.05, 3.63) is 36.2 Å². The van der Waals surface area contributed by atoms with Crippen LogP contribution in [0.3, 0.4) is 0 Å². The first-order valence-corrected chi connectivity index (χ1v) is 3.64. The van der Waals surface area contributed by atoms with Gasteiger partial charge in [-0.3, -0.25) is 4.98 Å². The van der Waals surface area contributed by atoms with Gasteiger partial charge in [-0.05, 0) is 30.7 Å². The fourth-order valence-corrected chi connectivity index (χ4v) is 0.871. The summed E-state index contributed by atoms with van der Waals surface area (Å²) in [6.07, 6.45) is 4.46. The number of nitrogens with two attached hydrogens (primary N) is 1. The Bertz CT molecular complexity index is 226. The minimum absolute atomic E-state index is 0.676. The lowest BCUT2D eigenvalue weighted by Gasteiger charge is -1.97.